The number of likely N-dealkylation sites (tertiary alicyclic amines) is 1. The molecule has 2 aromatic carbocycles. The topological polar surface area (TPSA) is 70.1 Å². The minimum Gasteiger partial charge on any atom is -0.324 e. The number of halogens is 3. The molecule has 0 radical (unpaired) electrons. The second kappa shape index (κ2) is 7.81. The molecule has 1 aliphatic rings. The summed E-state index contributed by atoms with van der Waals surface area (Å²) < 4.78 is 2.66. The molecule has 0 saturated carbocycles. The van der Waals surface area contributed by atoms with Crippen molar-refractivity contribution in [3.8, 4) is 0 Å². The van der Waals surface area contributed by atoms with Crippen LogP contribution >= 0.6 is 39.1 Å². The maximum Gasteiger partial charge on any atom is 0.326 e. The number of rotatable bonds is 2. The third-order valence-corrected chi connectivity index (χ3v) is 6.39. The zero-order valence-electron chi connectivity index (χ0n) is 14.7. The summed E-state index contributed by atoms with van der Waals surface area (Å²) in [7, 11) is 0. The smallest absolute Gasteiger partial charge is 0.324 e. The minimum atomic E-state index is -0.189. The molecule has 2 N–H and O–H groups in total. The van der Waals surface area contributed by atoms with Crippen LogP contribution in [-0.4, -0.2) is 33.6 Å². The number of urea groups is 1. The fourth-order valence-electron chi connectivity index (χ4n) is 3.58. The maximum absolute atomic E-state index is 12.5. The van der Waals surface area contributed by atoms with Gasteiger partial charge < -0.3 is 15.2 Å². The van der Waals surface area contributed by atoms with E-state index in [1.807, 2.05) is 18.2 Å². The Morgan fingerprint density at radius 3 is 2.61 bits per heavy atom. The first-order valence-electron chi connectivity index (χ1n) is 8.84. The molecule has 6 nitrogen and oxygen atoms in total. The van der Waals surface area contributed by atoms with Crippen LogP contribution in [0.3, 0.4) is 0 Å². The summed E-state index contributed by atoms with van der Waals surface area (Å²) in [6.07, 6.45) is 1.41. The van der Waals surface area contributed by atoms with Crippen molar-refractivity contribution >= 4 is 61.9 Å². The summed E-state index contributed by atoms with van der Waals surface area (Å²) in [5.74, 6) is 0. The number of nitrogens with one attached hydrogen (secondary N) is 2. The highest BCUT2D eigenvalue weighted by molar-refractivity contribution is 9.10. The second-order valence-corrected chi connectivity index (χ2v) is 8.38. The Labute approximate surface area is 179 Å². The van der Waals surface area contributed by atoms with Crippen LogP contribution in [0, 0.1) is 0 Å². The number of amides is 2. The molecule has 4 rings (SSSR count). The Bertz CT molecular complexity index is 1100. The van der Waals surface area contributed by atoms with E-state index in [1.54, 1.807) is 27.7 Å². The SMILES string of the molecule is O=C(Nc1ccc(Cl)c(Cl)c1)N1CCC(n2c(=O)[nH]c3c(Br)cccc32)CC1. The van der Waals surface area contributed by atoms with Crippen LogP contribution in [-0.2, 0) is 0 Å². The number of benzene rings is 2. The number of piperidine rings is 1. The Kier molecular flexibility index (Phi) is 5.40. The number of carbonyl (C=O) groups excluding carboxylic acids is 1. The number of carbonyl (C=O) groups is 1. The fraction of sp³-hybridized carbons (Fsp3) is 0.263. The zero-order valence-corrected chi connectivity index (χ0v) is 17.8. The molecule has 0 spiro atoms. The average molecular weight is 484 g/mol. The minimum absolute atomic E-state index is 0.0459. The summed E-state index contributed by atoms with van der Waals surface area (Å²) in [5.41, 5.74) is 2.14. The Morgan fingerprint density at radius 2 is 1.89 bits per heavy atom. The third-order valence-electron chi connectivity index (χ3n) is 4.99. The van der Waals surface area contributed by atoms with Crippen molar-refractivity contribution in [2.75, 3.05) is 18.4 Å². The van der Waals surface area contributed by atoms with Crippen LogP contribution in [0.1, 0.15) is 18.9 Å². The molecular formula is C19H17BrCl2N4O2. The molecule has 1 aliphatic heterocycles. The molecular weight excluding hydrogens is 467 g/mol. The molecule has 1 aromatic heterocycles. The summed E-state index contributed by atoms with van der Waals surface area (Å²) in [4.78, 5) is 29.7. The molecule has 2 heterocycles. The molecule has 2 amide bonds. The van der Waals surface area contributed by atoms with Gasteiger partial charge in [0.1, 0.15) is 0 Å². The summed E-state index contributed by atoms with van der Waals surface area (Å²) >= 11 is 15.4. The van der Waals surface area contributed by atoms with Crippen LogP contribution in [0.15, 0.2) is 45.7 Å². The van der Waals surface area contributed by atoms with Gasteiger partial charge in [-0.05, 0) is 59.1 Å². The number of nitrogens with zero attached hydrogens (tertiary/aromatic N) is 2. The highest BCUT2D eigenvalue weighted by Crippen LogP contribution is 2.29. The molecule has 9 heteroatoms. The van der Waals surface area contributed by atoms with Gasteiger partial charge in [-0.25, -0.2) is 9.59 Å². The van der Waals surface area contributed by atoms with E-state index >= 15 is 0 Å². The van der Waals surface area contributed by atoms with Gasteiger partial charge in [-0.3, -0.25) is 4.57 Å². The normalized spacial score (nSPS) is 15.2. The third kappa shape index (κ3) is 3.66. The Balaban J connectivity index is 1.45. The molecule has 3 aromatic rings. The molecule has 146 valence electrons. The predicted octanol–water partition coefficient (Wildman–Crippen LogP) is 5.27. The Hall–Kier alpha value is -1.96. The zero-order chi connectivity index (χ0) is 19.8. The maximum atomic E-state index is 12.5. The highest BCUT2D eigenvalue weighted by Gasteiger charge is 2.26. The van der Waals surface area contributed by atoms with E-state index in [0.29, 0.717) is 41.7 Å². The summed E-state index contributed by atoms with van der Waals surface area (Å²) in [5, 5.41) is 3.67. The monoisotopic (exact) mass is 482 g/mol. The number of imidazole rings is 1. The molecule has 28 heavy (non-hydrogen) atoms. The van der Waals surface area contributed by atoms with Crippen molar-refractivity contribution in [2.45, 2.75) is 18.9 Å². The number of hydrogen-bond acceptors (Lipinski definition) is 2. The van der Waals surface area contributed by atoms with Crippen LogP contribution in [0.25, 0.3) is 11.0 Å². The number of para-hydroxylation sites is 1. The van der Waals surface area contributed by atoms with E-state index in [0.717, 1.165) is 15.5 Å². The van der Waals surface area contributed by atoms with Crippen molar-refractivity contribution in [1.29, 1.82) is 0 Å². The standard InChI is InChI=1S/C19H17BrCl2N4O2/c20-13-2-1-3-16-17(13)24-19(28)26(16)12-6-8-25(9-7-12)18(27)23-11-4-5-14(21)15(22)10-11/h1-5,10,12H,6-9H2,(H,23,27)(H,24,28). The van der Waals surface area contributed by atoms with Gasteiger partial charge in [0.2, 0.25) is 0 Å². The largest absolute Gasteiger partial charge is 0.326 e. The van der Waals surface area contributed by atoms with Crippen LogP contribution in [0.4, 0.5) is 10.5 Å². The van der Waals surface area contributed by atoms with E-state index < -0.39 is 0 Å². The van der Waals surface area contributed by atoms with Crippen LogP contribution in [0.2, 0.25) is 10.0 Å². The molecule has 0 bridgehead atoms. The first-order chi connectivity index (χ1) is 13.4. The highest BCUT2D eigenvalue weighted by atomic mass is 79.9. The number of aromatic amines is 1. The van der Waals surface area contributed by atoms with Gasteiger partial charge >= 0.3 is 11.7 Å². The van der Waals surface area contributed by atoms with Crippen molar-refractivity contribution in [3.05, 3.63) is 61.4 Å². The van der Waals surface area contributed by atoms with Crippen molar-refractivity contribution in [2.24, 2.45) is 0 Å². The lowest BCUT2D eigenvalue weighted by Crippen LogP contribution is -2.42. The lowest BCUT2D eigenvalue weighted by Gasteiger charge is -2.32. The molecule has 0 unspecified atom stereocenters. The van der Waals surface area contributed by atoms with Gasteiger partial charge in [0.15, 0.2) is 0 Å². The first-order valence-corrected chi connectivity index (χ1v) is 10.4. The van der Waals surface area contributed by atoms with Gasteiger partial charge in [0, 0.05) is 29.3 Å². The van der Waals surface area contributed by atoms with Crippen LogP contribution in [0.5, 0.6) is 0 Å². The van der Waals surface area contributed by atoms with Gasteiger partial charge in [0.05, 0.1) is 21.1 Å². The lowest BCUT2D eigenvalue weighted by molar-refractivity contribution is 0.184. The van der Waals surface area contributed by atoms with Crippen molar-refractivity contribution in [3.63, 3.8) is 0 Å². The quantitative estimate of drug-likeness (QED) is 0.521. The van der Waals surface area contributed by atoms with E-state index in [2.05, 4.69) is 26.2 Å². The van der Waals surface area contributed by atoms with E-state index in [1.165, 1.54) is 0 Å². The number of anilines is 1. The number of aromatic nitrogens is 2. The second-order valence-electron chi connectivity index (χ2n) is 6.71. The summed E-state index contributed by atoms with van der Waals surface area (Å²) in [6.45, 7) is 1.12. The van der Waals surface area contributed by atoms with E-state index in [9.17, 15) is 9.59 Å². The van der Waals surface area contributed by atoms with Crippen molar-refractivity contribution in [1.82, 2.24) is 14.5 Å². The molecule has 1 saturated heterocycles. The van der Waals surface area contributed by atoms with Gasteiger partial charge in [-0.1, -0.05) is 29.3 Å². The average Bonchev–Trinajstić information content (AvgIpc) is 3.02. The molecule has 0 atom stereocenters. The van der Waals surface area contributed by atoms with E-state index in [4.69, 9.17) is 23.2 Å². The number of H-pyrrole nitrogens is 1. The fourth-order valence-corrected chi connectivity index (χ4v) is 4.33. The number of hydrogen-bond donors (Lipinski definition) is 2. The first kappa shape index (κ1) is 19.4. The lowest BCUT2D eigenvalue weighted by atomic mass is 10.0. The van der Waals surface area contributed by atoms with Gasteiger partial charge in [-0.15, -0.1) is 0 Å². The van der Waals surface area contributed by atoms with E-state index in [-0.39, 0.29) is 17.8 Å². The van der Waals surface area contributed by atoms with Crippen molar-refractivity contribution < 1.29 is 4.79 Å². The van der Waals surface area contributed by atoms with Gasteiger partial charge in [0.25, 0.3) is 0 Å². The number of fused-ring (bicyclic) bond motifs is 1. The summed E-state index contributed by atoms with van der Waals surface area (Å²) in [6, 6.07) is 10.6. The predicted molar refractivity (Wildman–Crippen MR) is 116 cm³/mol. The molecule has 0 aliphatic carbocycles. The molecule has 1 fully saturated rings. The Morgan fingerprint density at radius 1 is 1.14 bits per heavy atom. The van der Waals surface area contributed by atoms with Crippen LogP contribution < -0.4 is 11.0 Å². The van der Waals surface area contributed by atoms with Gasteiger partial charge in [-0.2, -0.15) is 0 Å².